The zero-order chi connectivity index (χ0) is 13.6. The minimum atomic E-state index is -1.14. The summed E-state index contributed by atoms with van der Waals surface area (Å²) >= 11 is 5.15. The van der Waals surface area contributed by atoms with Gasteiger partial charge in [-0.1, -0.05) is 12.2 Å². The van der Waals surface area contributed by atoms with Gasteiger partial charge in [0.15, 0.2) is 6.23 Å². The van der Waals surface area contributed by atoms with Crippen LogP contribution >= 0.6 is 12.2 Å². The molecule has 1 aliphatic heterocycles. The van der Waals surface area contributed by atoms with E-state index in [2.05, 4.69) is 9.97 Å². The quantitative estimate of drug-likeness (QED) is 0.565. The zero-order valence-corrected chi connectivity index (χ0v) is 10.6. The minimum Gasteiger partial charge on any atom is -0.394 e. The molecule has 0 aromatic carbocycles. The molecule has 3 rings (SSSR count). The van der Waals surface area contributed by atoms with Gasteiger partial charge in [0.1, 0.15) is 29.5 Å². The Kier molecular flexibility index (Phi) is 3.11. The van der Waals surface area contributed by atoms with Crippen molar-refractivity contribution in [3.05, 3.63) is 23.1 Å². The second-order valence-electron chi connectivity index (χ2n) is 4.42. The van der Waals surface area contributed by atoms with Gasteiger partial charge >= 0.3 is 0 Å². The van der Waals surface area contributed by atoms with Crippen molar-refractivity contribution in [3.63, 3.8) is 0 Å². The Bertz CT molecular complexity index is 655. The lowest BCUT2D eigenvalue weighted by Crippen LogP contribution is -2.33. The molecule has 4 N–H and O–H groups in total. The Balaban J connectivity index is 2.06. The summed E-state index contributed by atoms with van der Waals surface area (Å²) in [7, 11) is 0. The fourth-order valence-corrected chi connectivity index (χ4v) is 2.48. The van der Waals surface area contributed by atoms with E-state index in [-0.39, 0.29) is 6.61 Å². The van der Waals surface area contributed by atoms with Crippen LogP contribution in [0.1, 0.15) is 6.23 Å². The fraction of sp³-hybridized carbons (Fsp3) is 0.455. The molecule has 0 amide bonds. The normalized spacial score (nSPS) is 31.1. The molecule has 1 unspecified atom stereocenters. The molecule has 0 aliphatic carbocycles. The number of fused-ring (bicyclic) bond motifs is 1. The minimum absolute atomic E-state index is 0.364. The number of imidazole rings is 1. The first kappa shape index (κ1) is 12.7. The summed E-state index contributed by atoms with van der Waals surface area (Å²) in [6, 6.07) is 1.71. The van der Waals surface area contributed by atoms with E-state index >= 15 is 0 Å². The van der Waals surface area contributed by atoms with Crippen LogP contribution in [0, 0.1) is 4.51 Å². The largest absolute Gasteiger partial charge is 0.394 e. The third kappa shape index (κ3) is 1.88. The van der Waals surface area contributed by atoms with Crippen molar-refractivity contribution >= 4 is 23.4 Å². The van der Waals surface area contributed by atoms with Gasteiger partial charge in [-0.2, -0.15) is 0 Å². The number of nitrogens with one attached hydrogen (secondary N) is 1. The molecule has 8 heteroatoms. The molecule has 3 heterocycles. The van der Waals surface area contributed by atoms with Crippen LogP contribution in [0.3, 0.4) is 0 Å². The number of hydrogen-bond acceptors (Lipinski definition) is 6. The van der Waals surface area contributed by atoms with Gasteiger partial charge in [0.2, 0.25) is 0 Å². The van der Waals surface area contributed by atoms with Crippen molar-refractivity contribution < 1.29 is 20.1 Å². The van der Waals surface area contributed by atoms with Crippen LogP contribution in [-0.4, -0.2) is 54.8 Å². The van der Waals surface area contributed by atoms with E-state index in [0.29, 0.717) is 15.7 Å². The van der Waals surface area contributed by atoms with Gasteiger partial charge < -0.3 is 25.0 Å². The van der Waals surface area contributed by atoms with Crippen molar-refractivity contribution in [1.29, 1.82) is 0 Å². The number of rotatable bonds is 2. The number of pyridine rings is 1. The number of aromatic amines is 1. The first-order chi connectivity index (χ1) is 9.13. The highest BCUT2D eigenvalue weighted by Crippen LogP contribution is 2.31. The lowest BCUT2D eigenvalue weighted by atomic mass is 10.1. The Morgan fingerprint density at radius 2 is 2.21 bits per heavy atom. The van der Waals surface area contributed by atoms with E-state index in [4.69, 9.17) is 22.1 Å². The molecule has 2 aromatic heterocycles. The summed E-state index contributed by atoms with van der Waals surface area (Å²) in [6.07, 6.45) is -0.758. The van der Waals surface area contributed by atoms with Crippen LogP contribution in [0.25, 0.3) is 11.2 Å². The molecule has 0 saturated carbocycles. The van der Waals surface area contributed by atoms with Gasteiger partial charge in [0, 0.05) is 6.20 Å². The molecule has 1 aliphatic rings. The second kappa shape index (κ2) is 4.66. The molecule has 0 spiro atoms. The highest BCUT2D eigenvalue weighted by atomic mass is 32.1. The number of H-pyrrole nitrogens is 1. The standard InChI is InChI=1S/C11H13N3O4S/c15-3-5-8(16)9(17)11(18-5)14-4-13-7-6(19)1-2-12-10(7)14/h1-2,4-5,8-9,11,15-17H,3H2,(H,12,19)/t5-,8-,9-,11?/m1/s1. The summed E-state index contributed by atoms with van der Waals surface area (Å²) in [4.78, 5) is 7.15. The number of ether oxygens (including phenoxy) is 1. The molecule has 4 atom stereocenters. The average molecular weight is 283 g/mol. The topological polar surface area (TPSA) is 104 Å². The average Bonchev–Trinajstić information content (AvgIpc) is 2.94. The van der Waals surface area contributed by atoms with Gasteiger partial charge in [-0.15, -0.1) is 0 Å². The van der Waals surface area contributed by atoms with E-state index in [0.717, 1.165) is 0 Å². The molecule has 0 radical (unpaired) electrons. The smallest absolute Gasteiger partial charge is 0.165 e. The Morgan fingerprint density at radius 1 is 1.42 bits per heavy atom. The molecule has 102 valence electrons. The SMILES string of the molecule is OC[C@H]1OC(n2cnc3c(=S)cc[nH]c32)[C@H](O)[C@@H]1O. The Morgan fingerprint density at radius 3 is 2.89 bits per heavy atom. The second-order valence-corrected chi connectivity index (χ2v) is 4.86. The number of aliphatic hydroxyl groups excluding tert-OH is 3. The van der Waals surface area contributed by atoms with Crippen LogP contribution < -0.4 is 0 Å². The summed E-state index contributed by atoms with van der Waals surface area (Å²) in [5.41, 5.74) is 1.19. The molecular formula is C11H13N3O4S. The lowest BCUT2D eigenvalue weighted by molar-refractivity contribution is -0.0511. The van der Waals surface area contributed by atoms with Gasteiger partial charge in [0.25, 0.3) is 0 Å². The van der Waals surface area contributed by atoms with Crippen molar-refractivity contribution in [2.24, 2.45) is 0 Å². The monoisotopic (exact) mass is 283 g/mol. The van der Waals surface area contributed by atoms with Gasteiger partial charge in [-0.25, -0.2) is 4.98 Å². The number of nitrogens with zero attached hydrogens (tertiary/aromatic N) is 2. The number of aliphatic hydroxyl groups is 3. The summed E-state index contributed by atoms with van der Waals surface area (Å²) in [6.45, 7) is -0.364. The van der Waals surface area contributed by atoms with Crippen molar-refractivity contribution in [2.75, 3.05) is 6.61 Å². The molecular weight excluding hydrogens is 270 g/mol. The molecule has 1 saturated heterocycles. The summed E-state index contributed by atoms with van der Waals surface area (Å²) in [5.74, 6) is 0. The third-order valence-electron chi connectivity index (χ3n) is 3.27. The molecule has 0 bridgehead atoms. The van der Waals surface area contributed by atoms with E-state index in [9.17, 15) is 10.2 Å². The van der Waals surface area contributed by atoms with Crippen LogP contribution in [0.5, 0.6) is 0 Å². The number of aromatic nitrogens is 3. The maximum atomic E-state index is 9.98. The molecule has 2 aromatic rings. The van der Waals surface area contributed by atoms with Crippen LogP contribution in [0.15, 0.2) is 18.6 Å². The number of hydrogen-bond donors (Lipinski definition) is 4. The fourth-order valence-electron chi connectivity index (χ4n) is 2.26. The predicted octanol–water partition coefficient (Wildman–Crippen LogP) is -0.295. The van der Waals surface area contributed by atoms with Gasteiger partial charge in [0.05, 0.1) is 17.4 Å². The van der Waals surface area contributed by atoms with Crippen molar-refractivity contribution in [2.45, 2.75) is 24.5 Å². The lowest BCUT2D eigenvalue weighted by Gasteiger charge is -2.16. The van der Waals surface area contributed by atoms with E-state index in [1.165, 1.54) is 6.33 Å². The molecule has 19 heavy (non-hydrogen) atoms. The van der Waals surface area contributed by atoms with Crippen LogP contribution in [-0.2, 0) is 4.74 Å². The Hall–Kier alpha value is -1.32. The maximum Gasteiger partial charge on any atom is 0.165 e. The predicted molar refractivity (Wildman–Crippen MR) is 67.9 cm³/mol. The third-order valence-corrected chi connectivity index (χ3v) is 3.60. The van der Waals surface area contributed by atoms with E-state index in [1.807, 2.05) is 0 Å². The highest BCUT2D eigenvalue weighted by Gasteiger charge is 2.43. The van der Waals surface area contributed by atoms with E-state index in [1.54, 1.807) is 16.8 Å². The van der Waals surface area contributed by atoms with Gasteiger partial charge in [-0.05, 0) is 6.07 Å². The van der Waals surface area contributed by atoms with Crippen molar-refractivity contribution in [3.8, 4) is 0 Å². The van der Waals surface area contributed by atoms with Crippen LogP contribution in [0.4, 0.5) is 0 Å². The maximum absolute atomic E-state index is 9.98. The highest BCUT2D eigenvalue weighted by molar-refractivity contribution is 7.71. The first-order valence-electron chi connectivity index (χ1n) is 5.80. The summed E-state index contributed by atoms with van der Waals surface area (Å²) in [5, 5.41) is 28.8. The first-order valence-corrected chi connectivity index (χ1v) is 6.21. The van der Waals surface area contributed by atoms with Crippen molar-refractivity contribution in [1.82, 2.24) is 14.5 Å². The molecule has 1 fully saturated rings. The van der Waals surface area contributed by atoms with E-state index < -0.39 is 24.5 Å². The summed E-state index contributed by atoms with van der Waals surface area (Å²) < 4.78 is 7.59. The Labute approximate surface area is 113 Å². The van der Waals surface area contributed by atoms with Crippen LogP contribution in [0.2, 0.25) is 0 Å². The van der Waals surface area contributed by atoms with Gasteiger partial charge in [-0.3, -0.25) is 4.57 Å². The molecule has 7 nitrogen and oxygen atoms in total. The zero-order valence-electron chi connectivity index (χ0n) is 9.80.